The van der Waals surface area contributed by atoms with E-state index in [9.17, 15) is 12.8 Å². The number of rotatable bonds is 3. The number of hydrogen-bond donors (Lipinski definition) is 2. The van der Waals surface area contributed by atoms with E-state index in [0.29, 0.717) is 11.4 Å². The van der Waals surface area contributed by atoms with E-state index in [1.807, 2.05) is 0 Å². The number of nitrogen functional groups attached to an aromatic ring is 1. The summed E-state index contributed by atoms with van der Waals surface area (Å²) in [6, 6.07) is 6.69. The Bertz CT molecular complexity index is 760. The molecule has 0 atom stereocenters. The normalized spacial score (nSPS) is 11.3. The number of benzene rings is 1. The number of hydrogen-bond acceptors (Lipinski definition) is 4. The first kappa shape index (κ1) is 14.3. The highest BCUT2D eigenvalue weighted by atomic mass is 32.2. The highest BCUT2D eigenvalue weighted by Crippen LogP contribution is 2.22. The second kappa shape index (κ2) is 5.09. The van der Waals surface area contributed by atoms with Gasteiger partial charge in [-0.15, -0.1) is 0 Å². The zero-order chi connectivity index (χ0) is 14.9. The van der Waals surface area contributed by atoms with Gasteiger partial charge in [0.2, 0.25) is 0 Å². The third kappa shape index (κ3) is 2.88. The lowest BCUT2D eigenvalue weighted by Gasteiger charge is -2.11. The molecule has 7 heteroatoms. The number of aromatic nitrogens is 1. The van der Waals surface area contributed by atoms with Gasteiger partial charge in [-0.3, -0.25) is 9.71 Å². The van der Waals surface area contributed by atoms with E-state index in [0.717, 1.165) is 17.8 Å². The SMILES string of the molecule is Cc1ccc(NS(=O)(=O)c2ccc(N)cc2F)c(C)n1. The molecule has 0 radical (unpaired) electrons. The smallest absolute Gasteiger partial charge is 0.264 e. The molecule has 0 saturated carbocycles. The molecule has 1 aromatic carbocycles. The van der Waals surface area contributed by atoms with Crippen LogP contribution in [0.1, 0.15) is 11.4 Å². The van der Waals surface area contributed by atoms with Crippen molar-refractivity contribution in [3.8, 4) is 0 Å². The van der Waals surface area contributed by atoms with Crippen molar-refractivity contribution in [3.05, 3.63) is 47.5 Å². The van der Waals surface area contributed by atoms with Gasteiger partial charge < -0.3 is 5.73 Å². The van der Waals surface area contributed by atoms with E-state index in [2.05, 4.69) is 9.71 Å². The molecule has 0 aliphatic rings. The van der Waals surface area contributed by atoms with Gasteiger partial charge in [0.25, 0.3) is 10.0 Å². The fourth-order valence-electron chi connectivity index (χ4n) is 1.73. The van der Waals surface area contributed by atoms with Crippen LogP contribution in [0.3, 0.4) is 0 Å². The summed E-state index contributed by atoms with van der Waals surface area (Å²) in [6.07, 6.45) is 0. The summed E-state index contributed by atoms with van der Waals surface area (Å²) in [7, 11) is -4.02. The van der Waals surface area contributed by atoms with Gasteiger partial charge in [0.15, 0.2) is 0 Å². The summed E-state index contributed by atoms with van der Waals surface area (Å²) >= 11 is 0. The first-order valence-corrected chi connectivity index (χ1v) is 7.30. The molecule has 2 aromatic rings. The minimum atomic E-state index is -4.02. The topological polar surface area (TPSA) is 85.1 Å². The third-order valence-electron chi connectivity index (χ3n) is 2.71. The van der Waals surface area contributed by atoms with Crippen LogP contribution in [0, 0.1) is 19.7 Å². The maximum Gasteiger partial charge on any atom is 0.264 e. The predicted molar refractivity (Wildman–Crippen MR) is 75.3 cm³/mol. The van der Waals surface area contributed by atoms with Crippen molar-refractivity contribution in [2.45, 2.75) is 18.7 Å². The van der Waals surface area contributed by atoms with Gasteiger partial charge in [0, 0.05) is 11.4 Å². The van der Waals surface area contributed by atoms with Gasteiger partial charge in [-0.2, -0.15) is 0 Å². The van der Waals surface area contributed by atoms with Crippen molar-refractivity contribution in [1.29, 1.82) is 0 Å². The Kier molecular flexibility index (Phi) is 3.63. The summed E-state index contributed by atoms with van der Waals surface area (Å²) in [5.74, 6) is -0.893. The molecule has 0 amide bonds. The summed E-state index contributed by atoms with van der Waals surface area (Å²) in [4.78, 5) is 3.70. The molecule has 20 heavy (non-hydrogen) atoms. The van der Waals surface area contributed by atoms with Crippen molar-refractivity contribution in [2.24, 2.45) is 0 Å². The van der Waals surface area contributed by atoms with Gasteiger partial charge in [0.1, 0.15) is 10.7 Å². The summed E-state index contributed by atoms with van der Waals surface area (Å²) in [5, 5.41) is 0. The van der Waals surface area contributed by atoms with Crippen LogP contribution in [0.4, 0.5) is 15.8 Å². The third-order valence-corrected chi connectivity index (χ3v) is 4.11. The van der Waals surface area contributed by atoms with Crippen molar-refractivity contribution < 1.29 is 12.8 Å². The lowest BCUT2D eigenvalue weighted by molar-refractivity contribution is 0.571. The van der Waals surface area contributed by atoms with Crippen molar-refractivity contribution in [3.63, 3.8) is 0 Å². The summed E-state index contributed by atoms with van der Waals surface area (Å²) < 4.78 is 40.3. The van der Waals surface area contributed by atoms with E-state index >= 15 is 0 Å². The first-order valence-electron chi connectivity index (χ1n) is 5.82. The predicted octanol–water partition coefficient (Wildman–Crippen LogP) is 2.22. The largest absolute Gasteiger partial charge is 0.399 e. The van der Waals surface area contributed by atoms with Crippen LogP contribution in [0.15, 0.2) is 35.2 Å². The van der Waals surface area contributed by atoms with Crippen LogP contribution in [-0.4, -0.2) is 13.4 Å². The molecule has 0 aliphatic carbocycles. The molecule has 1 heterocycles. The Hall–Kier alpha value is -2.15. The van der Waals surface area contributed by atoms with E-state index < -0.39 is 20.7 Å². The minimum Gasteiger partial charge on any atom is -0.399 e. The highest BCUT2D eigenvalue weighted by molar-refractivity contribution is 7.92. The van der Waals surface area contributed by atoms with Crippen LogP contribution < -0.4 is 10.5 Å². The molecule has 2 rings (SSSR count). The first-order chi connectivity index (χ1) is 9.29. The molecule has 3 N–H and O–H groups in total. The Labute approximate surface area is 116 Å². The quantitative estimate of drug-likeness (QED) is 0.850. The average Bonchev–Trinajstić information content (AvgIpc) is 2.32. The Morgan fingerprint density at radius 1 is 1.20 bits per heavy atom. The standard InChI is InChI=1S/C13H14FN3O2S/c1-8-3-5-12(9(2)16-8)17-20(18,19)13-6-4-10(15)7-11(13)14/h3-7,17H,15H2,1-2H3. The second-order valence-electron chi connectivity index (χ2n) is 4.38. The summed E-state index contributed by atoms with van der Waals surface area (Å²) in [5.41, 5.74) is 7.16. The molecule has 0 saturated heterocycles. The maximum atomic E-state index is 13.7. The number of pyridine rings is 1. The van der Waals surface area contributed by atoms with Gasteiger partial charge in [0.05, 0.1) is 11.4 Å². The van der Waals surface area contributed by atoms with Crippen LogP contribution in [0.2, 0.25) is 0 Å². The van der Waals surface area contributed by atoms with Crippen molar-refractivity contribution in [1.82, 2.24) is 4.98 Å². The van der Waals surface area contributed by atoms with Gasteiger partial charge in [-0.25, -0.2) is 12.8 Å². The molecule has 0 bridgehead atoms. The highest BCUT2D eigenvalue weighted by Gasteiger charge is 2.20. The Morgan fingerprint density at radius 3 is 2.50 bits per heavy atom. The molecular formula is C13H14FN3O2S. The van der Waals surface area contributed by atoms with Crippen molar-refractivity contribution in [2.75, 3.05) is 10.5 Å². The molecule has 0 spiro atoms. The van der Waals surface area contributed by atoms with E-state index in [1.54, 1.807) is 26.0 Å². The number of sulfonamides is 1. The van der Waals surface area contributed by atoms with Crippen LogP contribution >= 0.6 is 0 Å². The van der Waals surface area contributed by atoms with Gasteiger partial charge in [-0.05, 0) is 44.2 Å². The average molecular weight is 295 g/mol. The lowest BCUT2D eigenvalue weighted by atomic mass is 10.3. The zero-order valence-electron chi connectivity index (χ0n) is 11.0. The number of aryl methyl sites for hydroxylation is 2. The number of nitrogens with zero attached hydrogens (tertiary/aromatic N) is 1. The van der Waals surface area contributed by atoms with Gasteiger partial charge in [-0.1, -0.05) is 0 Å². The fraction of sp³-hybridized carbons (Fsp3) is 0.154. The monoisotopic (exact) mass is 295 g/mol. The summed E-state index contributed by atoms with van der Waals surface area (Å²) in [6.45, 7) is 3.47. The van der Waals surface area contributed by atoms with E-state index in [-0.39, 0.29) is 5.69 Å². The molecular weight excluding hydrogens is 281 g/mol. The lowest BCUT2D eigenvalue weighted by Crippen LogP contribution is -2.16. The van der Waals surface area contributed by atoms with Crippen LogP contribution in [-0.2, 0) is 10.0 Å². The maximum absolute atomic E-state index is 13.7. The molecule has 0 unspecified atom stereocenters. The number of nitrogens with one attached hydrogen (secondary N) is 1. The molecule has 1 aromatic heterocycles. The van der Waals surface area contributed by atoms with Crippen LogP contribution in [0.5, 0.6) is 0 Å². The molecule has 5 nitrogen and oxygen atoms in total. The Balaban J connectivity index is 2.41. The van der Waals surface area contributed by atoms with Crippen molar-refractivity contribution >= 4 is 21.4 Å². The minimum absolute atomic E-state index is 0.162. The van der Waals surface area contributed by atoms with Crippen LogP contribution in [0.25, 0.3) is 0 Å². The Morgan fingerprint density at radius 2 is 1.90 bits per heavy atom. The van der Waals surface area contributed by atoms with E-state index in [1.165, 1.54) is 6.07 Å². The molecule has 0 aliphatic heterocycles. The second-order valence-corrected chi connectivity index (χ2v) is 6.03. The number of anilines is 2. The number of nitrogens with two attached hydrogens (primary N) is 1. The number of halogens is 1. The molecule has 106 valence electrons. The fourth-order valence-corrected chi connectivity index (χ4v) is 2.91. The van der Waals surface area contributed by atoms with E-state index in [4.69, 9.17) is 5.73 Å². The molecule has 0 fully saturated rings. The van der Waals surface area contributed by atoms with Gasteiger partial charge >= 0.3 is 0 Å². The zero-order valence-corrected chi connectivity index (χ0v) is 11.8.